The molecule has 1 unspecified atom stereocenters. The van der Waals surface area contributed by atoms with E-state index in [9.17, 15) is 0 Å². The quantitative estimate of drug-likeness (QED) is 0.861. The van der Waals surface area contributed by atoms with Gasteiger partial charge in [0.1, 0.15) is 11.9 Å². The van der Waals surface area contributed by atoms with Gasteiger partial charge in [0.15, 0.2) is 0 Å². The molecule has 0 aliphatic heterocycles. The number of ether oxygens (including phenoxy) is 1. The van der Waals surface area contributed by atoms with Gasteiger partial charge in [-0.2, -0.15) is 0 Å². The molecule has 2 aromatic carbocycles. The van der Waals surface area contributed by atoms with Crippen molar-refractivity contribution in [2.75, 3.05) is 13.5 Å². The van der Waals surface area contributed by atoms with Crippen molar-refractivity contribution in [3.63, 3.8) is 0 Å². The minimum absolute atomic E-state index is 0.0379. The lowest BCUT2D eigenvalue weighted by Gasteiger charge is -2.19. The summed E-state index contributed by atoms with van der Waals surface area (Å²) in [5, 5.41) is 1.59. The van der Waals surface area contributed by atoms with Gasteiger partial charge in [-0.1, -0.05) is 47.9 Å². The molecule has 0 radical (unpaired) electrons. The average molecular weight is 267 g/mol. The molecule has 0 aromatic heterocycles. The van der Waals surface area contributed by atoms with E-state index in [1.54, 1.807) is 24.4 Å². The SMILES string of the molecule is [2H]c1c([2H])c([2H])c(C(Oc2ccc(C)cc2)C([2H])([2H])C([2H])([2H])NC([2H])([2H])[2H])c([2H])c1[2H]. The lowest BCUT2D eigenvalue weighted by molar-refractivity contribution is 0.195. The summed E-state index contributed by atoms with van der Waals surface area (Å²) in [4.78, 5) is 0. The van der Waals surface area contributed by atoms with Crippen LogP contribution in [0.15, 0.2) is 54.5 Å². The minimum Gasteiger partial charge on any atom is -0.486 e. The van der Waals surface area contributed by atoms with Crippen molar-refractivity contribution >= 4 is 0 Å². The van der Waals surface area contributed by atoms with Crippen molar-refractivity contribution in [3.05, 3.63) is 65.6 Å². The Labute approximate surface area is 132 Å². The van der Waals surface area contributed by atoms with Crippen LogP contribution in [0.4, 0.5) is 0 Å². The number of hydrogen-bond donors (Lipinski definition) is 1. The normalized spacial score (nSPS) is 23.4. The summed E-state index contributed by atoms with van der Waals surface area (Å²) in [5.41, 5.74) is 0.210. The maximum atomic E-state index is 8.40. The monoisotopic (exact) mass is 267 g/mol. The van der Waals surface area contributed by atoms with Crippen LogP contribution in [0.25, 0.3) is 0 Å². The largest absolute Gasteiger partial charge is 0.486 e. The van der Waals surface area contributed by atoms with E-state index < -0.39 is 61.7 Å². The first kappa shape index (κ1) is 4.95. The van der Waals surface area contributed by atoms with Gasteiger partial charge in [0.05, 0.1) is 6.85 Å². The molecule has 0 aliphatic carbocycles. The second-order valence-electron chi connectivity index (χ2n) is 3.74. The van der Waals surface area contributed by atoms with Crippen molar-refractivity contribution < 1.29 is 21.2 Å². The number of hydrogen-bond acceptors (Lipinski definition) is 2. The van der Waals surface area contributed by atoms with Gasteiger partial charge in [0.25, 0.3) is 0 Å². The fourth-order valence-corrected chi connectivity index (χ4v) is 1.41. The smallest absolute Gasteiger partial charge is 0.125 e. The zero-order valence-corrected chi connectivity index (χ0v) is 10.3. The van der Waals surface area contributed by atoms with E-state index in [2.05, 4.69) is 0 Å². The molecular weight excluding hydrogens is 234 g/mol. The standard InChI is InChI=1S/C17H21NO/c1-14-8-10-16(11-9-14)19-17(12-13-18-2)15-6-4-3-5-7-15/h3-11,17-18H,12-13H2,1-2H3/i2D3,3D,4D,5D,6D,7D,12D2,13D2. The van der Waals surface area contributed by atoms with Crippen molar-refractivity contribution in [3.8, 4) is 5.75 Å². The molecule has 19 heavy (non-hydrogen) atoms. The second-order valence-corrected chi connectivity index (χ2v) is 3.74. The molecule has 0 saturated heterocycles. The zero-order chi connectivity index (χ0) is 23.9. The molecule has 0 heterocycles. The van der Waals surface area contributed by atoms with E-state index in [1.807, 2.05) is 0 Å². The van der Waals surface area contributed by atoms with Crippen molar-refractivity contribution in [1.29, 1.82) is 0 Å². The van der Waals surface area contributed by atoms with Gasteiger partial charge in [0, 0.05) is 16.0 Å². The average Bonchev–Trinajstić information content (AvgIpc) is 2.63. The van der Waals surface area contributed by atoms with Gasteiger partial charge in [-0.25, -0.2) is 0 Å². The third kappa shape index (κ3) is 4.11. The van der Waals surface area contributed by atoms with E-state index in [0.29, 0.717) is 0 Å². The van der Waals surface area contributed by atoms with Crippen molar-refractivity contribution in [2.24, 2.45) is 0 Å². The van der Waals surface area contributed by atoms with E-state index in [0.717, 1.165) is 5.56 Å². The first-order chi connectivity index (χ1) is 14.0. The fourth-order valence-electron chi connectivity index (χ4n) is 1.41. The number of rotatable bonds is 6. The van der Waals surface area contributed by atoms with Crippen LogP contribution in [0, 0.1) is 6.92 Å². The summed E-state index contributed by atoms with van der Waals surface area (Å²) in [7, 11) is 0. The van der Waals surface area contributed by atoms with E-state index >= 15 is 0 Å². The van der Waals surface area contributed by atoms with Gasteiger partial charge < -0.3 is 10.1 Å². The molecule has 2 heteroatoms. The summed E-state index contributed by atoms with van der Waals surface area (Å²) in [6, 6.07) is 2.35. The summed E-state index contributed by atoms with van der Waals surface area (Å²) in [6.07, 6.45) is -5.28. The maximum absolute atomic E-state index is 8.40. The molecule has 100 valence electrons. The zero-order valence-electron chi connectivity index (χ0n) is 22.3. The first-order valence-electron chi connectivity index (χ1n) is 11.6. The molecule has 0 amide bonds. The molecule has 0 spiro atoms. The Morgan fingerprint density at radius 2 is 2.00 bits per heavy atom. The molecule has 2 aromatic rings. The Kier molecular flexibility index (Phi) is 1.81. The van der Waals surface area contributed by atoms with Crippen LogP contribution in [0.3, 0.4) is 0 Å². The molecule has 0 fully saturated rings. The fraction of sp³-hybridized carbons (Fsp3) is 0.294. The highest BCUT2D eigenvalue weighted by molar-refractivity contribution is 5.28. The minimum atomic E-state index is -3.24. The maximum Gasteiger partial charge on any atom is 0.125 e. The van der Waals surface area contributed by atoms with Gasteiger partial charge in [-0.15, -0.1) is 0 Å². The second kappa shape index (κ2) is 6.95. The van der Waals surface area contributed by atoms with Crippen molar-refractivity contribution in [1.82, 2.24) is 5.32 Å². The molecule has 0 bridgehead atoms. The topological polar surface area (TPSA) is 21.3 Å². The predicted molar refractivity (Wildman–Crippen MR) is 79.5 cm³/mol. The molecule has 0 saturated carbocycles. The first-order valence-corrected chi connectivity index (χ1v) is 5.59. The lowest BCUT2D eigenvalue weighted by atomic mass is 10.1. The Bertz CT molecular complexity index is 926. The van der Waals surface area contributed by atoms with Gasteiger partial charge in [0.2, 0.25) is 0 Å². The van der Waals surface area contributed by atoms with E-state index in [4.69, 9.17) is 21.2 Å². The summed E-state index contributed by atoms with van der Waals surface area (Å²) in [6.45, 7) is -4.52. The summed E-state index contributed by atoms with van der Waals surface area (Å²) < 4.78 is 100. The number of nitrogens with one attached hydrogen (secondary N) is 1. The lowest BCUT2D eigenvalue weighted by Crippen LogP contribution is -2.16. The van der Waals surface area contributed by atoms with Crippen LogP contribution in [-0.4, -0.2) is 13.5 Å². The summed E-state index contributed by atoms with van der Waals surface area (Å²) in [5.74, 6) is 0.0379. The van der Waals surface area contributed by atoms with Crippen LogP contribution in [0.1, 0.15) is 40.1 Å². The molecule has 1 atom stereocenters. The highest BCUT2D eigenvalue weighted by Crippen LogP contribution is 2.24. The molecular formula is C17H21NO. The molecule has 2 rings (SSSR count). The molecule has 2 nitrogen and oxygen atoms in total. The van der Waals surface area contributed by atoms with Crippen LogP contribution >= 0.6 is 0 Å². The highest BCUT2D eigenvalue weighted by atomic mass is 16.5. The van der Waals surface area contributed by atoms with Crippen LogP contribution in [0.5, 0.6) is 5.75 Å². The van der Waals surface area contributed by atoms with Crippen LogP contribution < -0.4 is 10.1 Å². The van der Waals surface area contributed by atoms with E-state index in [-0.39, 0.29) is 5.75 Å². The molecule has 0 aliphatic rings. The van der Waals surface area contributed by atoms with Crippen LogP contribution in [0.2, 0.25) is 0 Å². The Morgan fingerprint density at radius 3 is 2.68 bits per heavy atom. The number of aryl methyl sites for hydroxylation is 1. The third-order valence-electron chi connectivity index (χ3n) is 2.32. The van der Waals surface area contributed by atoms with Crippen LogP contribution in [-0.2, 0) is 0 Å². The highest BCUT2D eigenvalue weighted by Gasteiger charge is 2.12. The summed E-state index contributed by atoms with van der Waals surface area (Å²) >= 11 is 0. The Hall–Kier alpha value is -1.80. The Balaban J connectivity index is 2.75. The van der Waals surface area contributed by atoms with Gasteiger partial charge in [-0.3, -0.25) is 0 Å². The Morgan fingerprint density at radius 1 is 1.26 bits per heavy atom. The van der Waals surface area contributed by atoms with Gasteiger partial charge in [-0.05, 0) is 38.1 Å². The van der Waals surface area contributed by atoms with Crippen molar-refractivity contribution in [2.45, 2.75) is 19.4 Å². The van der Waals surface area contributed by atoms with Gasteiger partial charge >= 0.3 is 0 Å². The molecule has 1 N–H and O–H groups in total. The number of benzene rings is 2. The predicted octanol–water partition coefficient (Wildman–Crippen LogP) is 3.72. The van der Waals surface area contributed by atoms with E-state index in [1.165, 1.54) is 12.1 Å². The third-order valence-corrected chi connectivity index (χ3v) is 2.32.